The number of amides is 2. The lowest BCUT2D eigenvalue weighted by atomic mass is 10.2. The first kappa shape index (κ1) is 12.7. The number of rotatable bonds is 4. The number of benzene rings is 1. The number of nitrogens with zero attached hydrogens (tertiary/aromatic N) is 1. The molecule has 0 atom stereocenters. The van der Waals surface area contributed by atoms with E-state index in [9.17, 15) is 4.79 Å². The van der Waals surface area contributed by atoms with E-state index in [1.54, 1.807) is 0 Å². The molecule has 1 aliphatic heterocycles. The molecule has 1 heterocycles. The van der Waals surface area contributed by atoms with Crippen LogP contribution in [0.4, 0.5) is 4.79 Å². The summed E-state index contributed by atoms with van der Waals surface area (Å²) < 4.78 is 5.53. The molecule has 0 bridgehead atoms. The number of ether oxygens (including phenoxy) is 1. The summed E-state index contributed by atoms with van der Waals surface area (Å²) in [5, 5.41) is 2.95. The first-order chi connectivity index (χ1) is 8.81. The Hall–Kier alpha value is -1.71. The highest BCUT2D eigenvalue weighted by Gasteiger charge is 2.17. The Bertz CT molecular complexity index is 401. The molecule has 0 aliphatic carbocycles. The van der Waals surface area contributed by atoms with Gasteiger partial charge in [0.25, 0.3) is 0 Å². The third kappa shape index (κ3) is 3.15. The summed E-state index contributed by atoms with van der Waals surface area (Å²) in [6.07, 6.45) is 2.23. The van der Waals surface area contributed by atoms with Crippen LogP contribution in [0.5, 0.6) is 5.75 Å². The molecule has 0 saturated carbocycles. The minimum atomic E-state index is 0.0267. The molecule has 0 radical (unpaired) electrons. The molecule has 1 N–H and O–H groups in total. The molecule has 0 unspecified atom stereocenters. The molecule has 0 aromatic heterocycles. The van der Waals surface area contributed by atoms with Crippen molar-refractivity contribution in [3.05, 3.63) is 29.8 Å². The smallest absolute Gasteiger partial charge is 0.317 e. The summed E-state index contributed by atoms with van der Waals surface area (Å²) in [6.45, 7) is 4.86. The molecule has 1 aliphatic rings. The molecule has 18 heavy (non-hydrogen) atoms. The lowest BCUT2D eigenvalue weighted by molar-refractivity contribution is 0.208. The topological polar surface area (TPSA) is 41.6 Å². The van der Waals surface area contributed by atoms with E-state index in [1.807, 2.05) is 36.1 Å². The third-order valence-corrected chi connectivity index (χ3v) is 3.10. The molecule has 4 heteroatoms. The van der Waals surface area contributed by atoms with Crippen molar-refractivity contribution in [2.45, 2.75) is 26.3 Å². The third-order valence-electron chi connectivity index (χ3n) is 3.10. The Morgan fingerprint density at radius 1 is 1.33 bits per heavy atom. The van der Waals surface area contributed by atoms with Gasteiger partial charge in [-0.25, -0.2) is 4.79 Å². The van der Waals surface area contributed by atoms with Crippen LogP contribution >= 0.6 is 0 Å². The van der Waals surface area contributed by atoms with Gasteiger partial charge in [-0.05, 0) is 25.8 Å². The van der Waals surface area contributed by atoms with Gasteiger partial charge in [-0.2, -0.15) is 0 Å². The highest BCUT2D eigenvalue weighted by Crippen LogP contribution is 2.17. The molecule has 0 spiro atoms. The van der Waals surface area contributed by atoms with Gasteiger partial charge < -0.3 is 15.0 Å². The number of hydrogen-bond donors (Lipinski definition) is 1. The van der Waals surface area contributed by atoms with Crippen LogP contribution in [0.3, 0.4) is 0 Å². The van der Waals surface area contributed by atoms with E-state index in [0.717, 1.165) is 37.2 Å². The maximum absolute atomic E-state index is 11.9. The van der Waals surface area contributed by atoms with Gasteiger partial charge in [-0.1, -0.05) is 18.2 Å². The molecule has 4 nitrogen and oxygen atoms in total. The van der Waals surface area contributed by atoms with E-state index < -0.39 is 0 Å². The fourth-order valence-electron chi connectivity index (χ4n) is 2.15. The van der Waals surface area contributed by atoms with E-state index in [2.05, 4.69) is 5.32 Å². The zero-order valence-electron chi connectivity index (χ0n) is 10.8. The first-order valence-electron chi connectivity index (χ1n) is 6.54. The second-order valence-electron chi connectivity index (χ2n) is 4.39. The Morgan fingerprint density at radius 3 is 2.78 bits per heavy atom. The second kappa shape index (κ2) is 6.28. The average Bonchev–Trinajstić information content (AvgIpc) is 2.92. The predicted molar refractivity (Wildman–Crippen MR) is 70.7 cm³/mol. The second-order valence-corrected chi connectivity index (χ2v) is 4.39. The van der Waals surface area contributed by atoms with Crippen LogP contribution in [0.1, 0.15) is 25.3 Å². The first-order valence-corrected chi connectivity index (χ1v) is 6.54. The monoisotopic (exact) mass is 248 g/mol. The highest BCUT2D eigenvalue weighted by atomic mass is 16.5. The van der Waals surface area contributed by atoms with Crippen molar-refractivity contribution in [2.75, 3.05) is 19.7 Å². The van der Waals surface area contributed by atoms with Crippen molar-refractivity contribution < 1.29 is 9.53 Å². The van der Waals surface area contributed by atoms with Gasteiger partial charge in [0, 0.05) is 25.2 Å². The molecule has 2 rings (SSSR count). The highest BCUT2D eigenvalue weighted by molar-refractivity contribution is 5.74. The molecular formula is C14H20N2O2. The van der Waals surface area contributed by atoms with Crippen molar-refractivity contribution in [3.63, 3.8) is 0 Å². The fourth-order valence-corrected chi connectivity index (χ4v) is 2.15. The zero-order valence-corrected chi connectivity index (χ0v) is 10.8. The van der Waals surface area contributed by atoms with Gasteiger partial charge in [0.1, 0.15) is 5.75 Å². The van der Waals surface area contributed by atoms with Crippen molar-refractivity contribution >= 4 is 6.03 Å². The molecule has 1 aromatic carbocycles. The van der Waals surface area contributed by atoms with Crippen LogP contribution in [0.2, 0.25) is 0 Å². The quantitative estimate of drug-likeness (QED) is 0.889. The Morgan fingerprint density at radius 2 is 2.06 bits per heavy atom. The lowest BCUT2D eigenvalue weighted by Gasteiger charge is -2.17. The molecule has 1 fully saturated rings. The van der Waals surface area contributed by atoms with Crippen LogP contribution < -0.4 is 10.1 Å². The number of urea groups is 1. The molecule has 1 aromatic rings. The zero-order chi connectivity index (χ0) is 12.8. The SMILES string of the molecule is CCOc1ccccc1CNC(=O)N1CCCC1. The molecule has 2 amide bonds. The van der Waals surface area contributed by atoms with Crippen molar-refractivity contribution in [2.24, 2.45) is 0 Å². The number of para-hydroxylation sites is 1. The summed E-state index contributed by atoms with van der Waals surface area (Å²) >= 11 is 0. The molecule has 98 valence electrons. The molecular weight excluding hydrogens is 228 g/mol. The Kier molecular flexibility index (Phi) is 4.45. The fraction of sp³-hybridized carbons (Fsp3) is 0.500. The number of hydrogen-bond acceptors (Lipinski definition) is 2. The van der Waals surface area contributed by atoms with Crippen molar-refractivity contribution in [3.8, 4) is 5.75 Å². The van der Waals surface area contributed by atoms with Gasteiger partial charge in [0.2, 0.25) is 0 Å². The summed E-state index contributed by atoms with van der Waals surface area (Å²) in [5.41, 5.74) is 1.02. The predicted octanol–water partition coefficient (Wildman–Crippen LogP) is 2.39. The van der Waals surface area contributed by atoms with Gasteiger partial charge in [0.15, 0.2) is 0 Å². The van der Waals surface area contributed by atoms with Gasteiger partial charge in [0.05, 0.1) is 6.61 Å². The summed E-state index contributed by atoms with van der Waals surface area (Å²) in [4.78, 5) is 13.7. The van der Waals surface area contributed by atoms with E-state index in [1.165, 1.54) is 0 Å². The van der Waals surface area contributed by atoms with Gasteiger partial charge >= 0.3 is 6.03 Å². The maximum Gasteiger partial charge on any atom is 0.317 e. The van der Waals surface area contributed by atoms with Gasteiger partial charge in [-0.3, -0.25) is 0 Å². The number of carbonyl (C=O) groups excluding carboxylic acids is 1. The number of nitrogens with one attached hydrogen (secondary N) is 1. The van der Waals surface area contributed by atoms with Crippen LogP contribution in [0.15, 0.2) is 24.3 Å². The standard InChI is InChI=1S/C14H20N2O2/c1-2-18-13-8-4-3-7-12(13)11-15-14(17)16-9-5-6-10-16/h3-4,7-8H,2,5-6,9-11H2,1H3,(H,15,17). The van der Waals surface area contributed by atoms with Gasteiger partial charge in [-0.15, -0.1) is 0 Å². The van der Waals surface area contributed by atoms with E-state index >= 15 is 0 Å². The van der Waals surface area contributed by atoms with E-state index in [4.69, 9.17) is 4.74 Å². The van der Waals surface area contributed by atoms with Crippen molar-refractivity contribution in [1.29, 1.82) is 0 Å². The van der Waals surface area contributed by atoms with Crippen LogP contribution in [-0.4, -0.2) is 30.6 Å². The summed E-state index contributed by atoms with van der Waals surface area (Å²) in [7, 11) is 0. The Labute approximate surface area is 108 Å². The largest absolute Gasteiger partial charge is 0.494 e. The minimum Gasteiger partial charge on any atom is -0.494 e. The van der Waals surface area contributed by atoms with Crippen molar-refractivity contribution in [1.82, 2.24) is 10.2 Å². The number of likely N-dealkylation sites (tertiary alicyclic amines) is 1. The normalized spacial score (nSPS) is 14.6. The van der Waals surface area contributed by atoms with Crippen LogP contribution in [-0.2, 0) is 6.54 Å². The number of carbonyl (C=O) groups is 1. The summed E-state index contributed by atoms with van der Waals surface area (Å²) in [6, 6.07) is 7.84. The Balaban J connectivity index is 1.90. The van der Waals surface area contributed by atoms with Crippen LogP contribution in [0, 0.1) is 0 Å². The average molecular weight is 248 g/mol. The maximum atomic E-state index is 11.9. The van der Waals surface area contributed by atoms with E-state index in [-0.39, 0.29) is 6.03 Å². The summed E-state index contributed by atoms with van der Waals surface area (Å²) in [5.74, 6) is 0.849. The van der Waals surface area contributed by atoms with E-state index in [0.29, 0.717) is 13.2 Å². The lowest BCUT2D eigenvalue weighted by Crippen LogP contribution is -2.37. The minimum absolute atomic E-state index is 0.0267. The molecule has 1 saturated heterocycles. The van der Waals surface area contributed by atoms with Crippen LogP contribution in [0.25, 0.3) is 0 Å².